The molecule has 0 saturated carbocycles. The fourth-order valence-electron chi connectivity index (χ4n) is 3.41. The lowest BCUT2D eigenvalue weighted by molar-refractivity contribution is -0.125. The Balaban J connectivity index is 1.36. The fraction of sp³-hybridized carbons (Fsp3) is 0.350. The Bertz CT molecular complexity index is 928. The van der Waals surface area contributed by atoms with Gasteiger partial charge in [0.1, 0.15) is 5.52 Å². The molecule has 1 fully saturated rings. The standard InChI is InChI=1S/C20H21ClN4O2/c21-16-3-4-18-17(12-16)24-20(27-18)25-11-1-2-15(13-25)19(26)23-10-7-14-5-8-22-9-6-14/h3-6,8-9,12,15H,1-2,7,10-11,13H2,(H,23,26). The Morgan fingerprint density at radius 1 is 1.30 bits per heavy atom. The SMILES string of the molecule is O=C(NCCc1ccncc1)C1CCCN(c2nc3cc(Cl)ccc3o2)C1. The second-order valence-corrected chi connectivity index (χ2v) is 7.23. The third-order valence-corrected chi connectivity index (χ3v) is 5.10. The van der Waals surface area contributed by atoms with Crippen molar-refractivity contribution in [2.45, 2.75) is 19.3 Å². The van der Waals surface area contributed by atoms with E-state index in [1.165, 1.54) is 5.56 Å². The zero-order chi connectivity index (χ0) is 18.6. The quantitative estimate of drug-likeness (QED) is 0.729. The van der Waals surface area contributed by atoms with Gasteiger partial charge in [-0.25, -0.2) is 0 Å². The number of anilines is 1. The molecule has 140 valence electrons. The van der Waals surface area contributed by atoms with Crippen molar-refractivity contribution in [1.29, 1.82) is 0 Å². The number of hydrogen-bond acceptors (Lipinski definition) is 5. The molecule has 3 aromatic rings. The normalized spacial score (nSPS) is 17.2. The van der Waals surface area contributed by atoms with Gasteiger partial charge in [0.25, 0.3) is 6.01 Å². The number of nitrogens with zero attached hydrogens (tertiary/aromatic N) is 3. The molecule has 2 aromatic heterocycles. The molecule has 1 unspecified atom stereocenters. The number of oxazole rings is 1. The third-order valence-electron chi connectivity index (χ3n) is 4.86. The first-order valence-corrected chi connectivity index (χ1v) is 9.54. The van der Waals surface area contributed by atoms with E-state index in [4.69, 9.17) is 16.0 Å². The molecule has 1 N–H and O–H groups in total. The minimum atomic E-state index is -0.0604. The topological polar surface area (TPSA) is 71.3 Å². The van der Waals surface area contributed by atoms with E-state index in [1.54, 1.807) is 24.5 Å². The first kappa shape index (κ1) is 17.8. The summed E-state index contributed by atoms with van der Waals surface area (Å²) in [7, 11) is 0. The van der Waals surface area contributed by atoms with Crippen LogP contribution in [0.1, 0.15) is 18.4 Å². The van der Waals surface area contributed by atoms with Crippen molar-refractivity contribution in [1.82, 2.24) is 15.3 Å². The van der Waals surface area contributed by atoms with Gasteiger partial charge >= 0.3 is 0 Å². The van der Waals surface area contributed by atoms with E-state index in [0.29, 0.717) is 29.7 Å². The molecule has 1 aliphatic heterocycles. The largest absolute Gasteiger partial charge is 0.423 e. The van der Waals surface area contributed by atoms with Gasteiger partial charge in [-0.2, -0.15) is 4.98 Å². The van der Waals surface area contributed by atoms with Gasteiger partial charge in [-0.3, -0.25) is 9.78 Å². The summed E-state index contributed by atoms with van der Waals surface area (Å²) in [6, 6.07) is 9.89. The van der Waals surface area contributed by atoms with Gasteiger partial charge < -0.3 is 14.6 Å². The summed E-state index contributed by atoms with van der Waals surface area (Å²) in [5.41, 5.74) is 2.61. The summed E-state index contributed by atoms with van der Waals surface area (Å²) < 4.78 is 5.85. The molecule has 1 amide bonds. The highest BCUT2D eigenvalue weighted by atomic mass is 35.5. The van der Waals surface area contributed by atoms with Crippen molar-refractivity contribution >= 4 is 34.6 Å². The summed E-state index contributed by atoms with van der Waals surface area (Å²) in [5.74, 6) is 0.0303. The number of amides is 1. The van der Waals surface area contributed by atoms with Crippen LogP contribution in [-0.4, -0.2) is 35.5 Å². The highest BCUT2D eigenvalue weighted by Gasteiger charge is 2.28. The molecular weight excluding hydrogens is 364 g/mol. The summed E-state index contributed by atoms with van der Waals surface area (Å²) in [6.07, 6.45) is 6.15. The number of halogens is 1. The molecule has 0 aliphatic carbocycles. The van der Waals surface area contributed by atoms with Crippen LogP contribution >= 0.6 is 11.6 Å². The smallest absolute Gasteiger partial charge is 0.298 e. The van der Waals surface area contributed by atoms with E-state index < -0.39 is 0 Å². The minimum Gasteiger partial charge on any atom is -0.423 e. The van der Waals surface area contributed by atoms with Gasteiger partial charge in [-0.1, -0.05) is 11.6 Å². The molecule has 0 spiro atoms. The Kier molecular flexibility index (Phi) is 5.25. The average molecular weight is 385 g/mol. The molecule has 7 heteroatoms. The first-order chi connectivity index (χ1) is 13.2. The Morgan fingerprint density at radius 3 is 3.00 bits per heavy atom. The van der Waals surface area contributed by atoms with E-state index in [-0.39, 0.29) is 11.8 Å². The third kappa shape index (κ3) is 4.22. The van der Waals surface area contributed by atoms with Crippen LogP contribution in [0.4, 0.5) is 6.01 Å². The van der Waals surface area contributed by atoms with Crippen molar-refractivity contribution in [2.75, 3.05) is 24.5 Å². The maximum Gasteiger partial charge on any atom is 0.298 e. The maximum atomic E-state index is 12.6. The lowest BCUT2D eigenvalue weighted by Gasteiger charge is -2.30. The van der Waals surface area contributed by atoms with Gasteiger partial charge in [-0.05, 0) is 55.2 Å². The van der Waals surface area contributed by atoms with Gasteiger partial charge in [0, 0.05) is 37.1 Å². The van der Waals surface area contributed by atoms with E-state index in [2.05, 4.69) is 15.3 Å². The predicted octanol–water partition coefficient (Wildman–Crippen LogP) is 3.45. The molecule has 6 nitrogen and oxygen atoms in total. The van der Waals surface area contributed by atoms with Crippen LogP contribution in [0.3, 0.4) is 0 Å². The molecule has 1 atom stereocenters. The van der Waals surface area contributed by atoms with Gasteiger partial charge in [0.15, 0.2) is 5.58 Å². The molecule has 4 rings (SSSR count). The molecular formula is C20H21ClN4O2. The van der Waals surface area contributed by atoms with Crippen LogP contribution in [0.5, 0.6) is 0 Å². The number of carbonyl (C=O) groups excluding carboxylic acids is 1. The number of hydrogen-bond donors (Lipinski definition) is 1. The van der Waals surface area contributed by atoms with Crippen molar-refractivity contribution in [3.05, 3.63) is 53.3 Å². The molecule has 0 radical (unpaired) electrons. The van der Waals surface area contributed by atoms with Crippen molar-refractivity contribution in [3.63, 3.8) is 0 Å². The van der Waals surface area contributed by atoms with Crippen molar-refractivity contribution < 1.29 is 9.21 Å². The molecule has 27 heavy (non-hydrogen) atoms. The van der Waals surface area contributed by atoms with Gasteiger partial charge in [-0.15, -0.1) is 0 Å². The van der Waals surface area contributed by atoms with Crippen LogP contribution in [0.2, 0.25) is 5.02 Å². The molecule has 1 saturated heterocycles. The summed E-state index contributed by atoms with van der Waals surface area (Å²) in [4.78, 5) is 23.1. The van der Waals surface area contributed by atoms with Crippen LogP contribution in [0.25, 0.3) is 11.1 Å². The van der Waals surface area contributed by atoms with Gasteiger partial charge in [0.05, 0.1) is 5.92 Å². The van der Waals surface area contributed by atoms with Crippen LogP contribution < -0.4 is 10.2 Å². The number of benzene rings is 1. The zero-order valence-electron chi connectivity index (χ0n) is 14.9. The first-order valence-electron chi connectivity index (χ1n) is 9.17. The van der Waals surface area contributed by atoms with Crippen LogP contribution in [0.15, 0.2) is 47.1 Å². The monoisotopic (exact) mass is 384 g/mol. The Labute approximate surface area is 162 Å². The Morgan fingerprint density at radius 2 is 2.15 bits per heavy atom. The highest BCUT2D eigenvalue weighted by molar-refractivity contribution is 6.31. The van der Waals surface area contributed by atoms with E-state index >= 15 is 0 Å². The fourth-order valence-corrected chi connectivity index (χ4v) is 3.58. The van der Waals surface area contributed by atoms with Crippen LogP contribution in [-0.2, 0) is 11.2 Å². The zero-order valence-corrected chi connectivity index (χ0v) is 15.7. The number of piperidine rings is 1. The molecule has 1 aliphatic rings. The van der Waals surface area contributed by atoms with Crippen molar-refractivity contribution in [2.24, 2.45) is 5.92 Å². The van der Waals surface area contributed by atoms with E-state index in [9.17, 15) is 4.79 Å². The van der Waals surface area contributed by atoms with E-state index in [1.807, 2.05) is 23.1 Å². The minimum absolute atomic E-state index is 0.0604. The maximum absolute atomic E-state index is 12.6. The Hall–Kier alpha value is -2.60. The molecule has 0 bridgehead atoms. The molecule has 1 aromatic carbocycles. The van der Waals surface area contributed by atoms with Crippen molar-refractivity contribution in [3.8, 4) is 0 Å². The lowest BCUT2D eigenvalue weighted by atomic mass is 9.97. The lowest BCUT2D eigenvalue weighted by Crippen LogP contribution is -2.43. The number of pyridine rings is 1. The van der Waals surface area contributed by atoms with E-state index in [0.717, 1.165) is 31.3 Å². The second-order valence-electron chi connectivity index (χ2n) is 6.79. The second kappa shape index (κ2) is 7.96. The summed E-state index contributed by atoms with van der Waals surface area (Å²) in [5, 5.41) is 3.68. The summed E-state index contributed by atoms with van der Waals surface area (Å²) >= 11 is 6.02. The predicted molar refractivity (Wildman–Crippen MR) is 105 cm³/mol. The number of fused-ring (bicyclic) bond motifs is 1. The van der Waals surface area contributed by atoms with Gasteiger partial charge in [0.2, 0.25) is 5.91 Å². The highest BCUT2D eigenvalue weighted by Crippen LogP contribution is 2.28. The number of nitrogens with one attached hydrogen (secondary N) is 1. The van der Waals surface area contributed by atoms with Crippen LogP contribution in [0, 0.1) is 5.92 Å². The average Bonchev–Trinajstić information content (AvgIpc) is 3.12. The number of rotatable bonds is 5. The number of carbonyl (C=O) groups is 1. The number of aromatic nitrogens is 2. The summed E-state index contributed by atoms with van der Waals surface area (Å²) in [6.45, 7) is 2.07. The molecule has 3 heterocycles.